The number of benzene rings is 3. The maximum atomic E-state index is 11.6. The minimum absolute atomic E-state index is 0. The van der Waals surface area contributed by atoms with Crippen LogP contribution in [-0.4, -0.2) is 49.9 Å². The zero-order valence-electron chi connectivity index (χ0n) is 23.4. The molecular formula is C30H46GeO4Ti. The van der Waals surface area contributed by atoms with E-state index in [4.69, 9.17) is 15.3 Å². The summed E-state index contributed by atoms with van der Waals surface area (Å²) in [4.78, 5) is 0. The van der Waals surface area contributed by atoms with Crippen molar-refractivity contribution in [3.05, 3.63) is 91.0 Å². The third-order valence-corrected chi connectivity index (χ3v) is 10.9. The fourth-order valence-electron chi connectivity index (χ4n) is 2.54. The van der Waals surface area contributed by atoms with Crippen molar-refractivity contribution in [3.8, 4) is 0 Å². The summed E-state index contributed by atoms with van der Waals surface area (Å²) in [5, 5.41) is 25.6. The van der Waals surface area contributed by atoms with E-state index in [9.17, 15) is 4.13 Å². The van der Waals surface area contributed by atoms with Crippen LogP contribution in [0.3, 0.4) is 0 Å². The molecule has 4 N–H and O–H groups in total. The molecule has 0 saturated heterocycles. The Morgan fingerprint density at radius 3 is 0.694 bits per heavy atom. The molecule has 198 valence electrons. The van der Waals surface area contributed by atoms with Crippen molar-refractivity contribution in [3.63, 3.8) is 0 Å². The van der Waals surface area contributed by atoms with Gasteiger partial charge in [0.25, 0.3) is 0 Å². The molecule has 0 spiro atoms. The van der Waals surface area contributed by atoms with Gasteiger partial charge < -0.3 is 15.3 Å². The van der Waals surface area contributed by atoms with Gasteiger partial charge in [0.1, 0.15) is 0 Å². The number of rotatable bonds is 3. The summed E-state index contributed by atoms with van der Waals surface area (Å²) in [6.07, 6.45) is 0. The van der Waals surface area contributed by atoms with Gasteiger partial charge in [-0.2, -0.15) is 0 Å². The second kappa shape index (κ2) is 16.6. The van der Waals surface area contributed by atoms with Gasteiger partial charge in [-0.05, 0) is 62.3 Å². The summed E-state index contributed by atoms with van der Waals surface area (Å²) in [5.41, 5.74) is -1.50. The van der Waals surface area contributed by atoms with Crippen molar-refractivity contribution in [2.45, 2.75) is 79.1 Å². The van der Waals surface area contributed by atoms with Gasteiger partial charge in [0.2, 0.25) is 0 Å². The van der Waals surface area contributed by atoms with E-state index >= 15 is 0 Å². The molecule has 0 aromatic heterocycles. The van der Waals surface area contributed by atoms with Crippen LogP contribution in [0.1, 0.15) is 62.3 Å². The van der Waals surface area contributed by atoms with E-state index in [1.54, 1.807) is 62.3 Å². The summed E-state index contributed by atoms with van der Waals surface area (Å²) in [6, 6.07) is 30.2. The normalized spacial score (nSPS) is 11.2. The summed E-state index contributed by atoms with van der Waals surface area (Å²) >= 11 is -3.49. The summed E-state index contributed by atoms with van der Waals surface area (Å²) < 4.78 is 14.8. The number of aliphatic hydroxyl groups is 3. The topological polar surface area (TPSA) is 80.9 Å². The molecule has 0 fully saturated rings. The van der Waals surface area contributed by atoms with Crippen LogP contribution in [0.2, 0.25) is 0 Å². The fourth-order valence-corrected chi connectivity index (χ4v) is 8.88. The number of hydrogen-bond donors (Lipinski definition) is 4. The first-order valence-corrected chi connectivity index (χ1v) is 16.0. The standard InChI is InChI=1S/C18H16GeO.3C4H10O.Ti/c20-19(16-10-4-1-5-11-16,17-12-6-2-7-13-17)18-14-8-3-9-15-18;3*1-4(2,3)5;/h1-15,20H;3*5H,1-3H3;. The van der Waals surface area contributed by atoms with Crippen LogP contribution in [0.5, 0.6) is 0 Å². The van der Waals surface area contributed by atoms with Gasteiger partial charge >= 0.3 is 122 Å². The first kappa shape index (κ1) is 36.9. The zero-order valence-corrected chi connectivity index (χ0v) is 27.1. The van der Waals surface area contributed by atoms with Crippen molar-refractivity contribution >= 4 is 26.8 Å². The Hall–Kier alpha value is -1.24. The summed E-state index contributed by atoms with van der Waals surface area (Å²) in [5.74, 6) is 0. The molecule has 0 aliphatic rings. The third-order valence-electron chi connectivity index (χ3n) is 3.57. The Labute approximate surface area is 237 Å². The molecule has 0 radical (unpaired) electrons. The minimum Gasteiger partial charge on any atom is 0 e. The second-order valence-corrected chi connectivity index (χ2v) is 17.9. The first-order chi connectivity index (χ1) is 15.8. The summed E-state index contributed by atoms with van der Waals surface area (Å²) in [6.45, 7) is 15.7. The van der Waals surface area contributed by atoms with E-state index < -0.39 is 30.4 Å². The Morgan fingerprint density at radius 2 is 0.556 bits per heavy atom. The van der Waals surface area contributed by atoms with Crippen LogP contribution in [-0.2, 0) is 21.7 Å². The quantitative estimate of drug-likeness (QED) is 0.348. The minimum atomic E-state index is -3.49. The molecule has 36 heavy (non-hydrogen) atoms. The van der Waals surface area contributed by atoms with Crippen molar-refractivity contribution in [2.75, 3.05) is 0 Å². The van der Waals surface area contributed by atoms with Crippen LogP contribution >= 0.6 is 0 Å². The van der Waals surface area contributed by atoms with Crippen LogP contribution in [0.15, 0.2) is 91.0 Å². The molecule has 0 amide bonds. The molecule has 0 atom stereocenters. The molecule has 3 aromatic rings. The Kier molecular flexibility index (Phi) is 17.0. The van der Waals surface area contributed by atoms with Crippen LogP contribution in [0.4, 0.5) is 0 Å². The predicted octanol–water partition coefficient (Wildman–Crippen LogP) is 3.97. The van der Waals surface area contributed by atoms with E-state index in [1.807, 2.05) is 91.0 Å². The SMILES string of the molecule is CC(C)(C)O.CC(C)(C)O.CC(C)(C)O.[OH][Ge]([c]1ccccc1)([c]1ccccc1)[c]1ccccc1.[Ti]. The van der Waals surface area contributed by atoms with E-state index in [0.29, 0.717) is 0 Å². The number of hydrogen-bond acceptors (Lipinski definition) is 4. The Morgan fingerprint density at radius 1 is 0.417 bits per heavy atom. The molecule has 0 bridgehead atoms. The van der Waals surface area contributed by atoms with Crippen molar-refractivity contribution in [1.29, 1.82) is 0 Å². The van der Waals surface area contributed by atoms with E-state index in [1.165, 1.54) is 0 Å². The largest absolute Gasteiger partial charge is 0 e. The van der Waals surface area contributed by atoms with Crippen molar-refractivity contribution < 1.29 is 41.2 Å². The van der Waals surface area contributed by atoms with Crippen LogP contribution in [0, 0.1) is 0 Å². The first-order valence-electron chi connectivity index (χ1n) is 11.9. The van der Waals surface area contributed by atoms with Gasteiger partial charge in [-0.15, -0.1) is 0 Å². The van der Waals surface area contributed by atoms with Gasteiger partial charge in [0.05, 0.1) is 16.8 Å². The molecule has 0 aliphatic heterocycles. The van der Waals surface area contributed by atoms with Gasteiger partial charge in [-0.25, -0.2) is 0 Å². The Bertz CT molecular complexity index is 787. The fraction of sp³-hybridized carbons (Fsp3) is 0.400. The maximum absolute atomic E-state index is 11.6. The molecule has 0 unspecified atom stereocenters. The third kappa shape index (κ3) is 19.9. The average molecular weight is 591 g/mol. The second-order valence-electron chi connectivity index (χ2n) is 11.3. The van der Waals surface area contributed by atoms with Crippen LogP contribution < -0.4 is 13.2 Å². The van der Waals surface area contributed by atoms with E-state index in [2.05, 4.69) is 0 Å². The predicted molar refractivity (Wildman–Crippen MR) is 152 cm³/mol. The maximum Gasteiger partial charge on any atom is 0 e. The monoisotopic (exact) mass is 592 g/mol. The van der Waals surface area contributed by atoms with Gasteiger partial charge in [0.15, 0.2) is 0 Å². The smallest absolute Gasteiger partial charge is 0 e. The Balaban J connectivity index is 0. The molecule has 0 heterocycles. The molecule has 4 nitrogen and oxygen atoms in total. The molecule has 0 saturated carbocycles. The van der Waals surface area contributed by atoms with Gasteiger partial charge in [-0.1, -0.05) is 0 Å². The van der Waals surface area contributed by atoms with Crippen LogP contribution in [0.25, 0.3) is 0 Å². The summed E-state index contributed by atoms with van der Waals surface area (Å²) in [7, 11) is 0. The van der Waals surface area contributed by atoms with E-state index in [0.717, 1.165) is 13.2 Å². The molecule has 0 aliphatic carbocycles. The average Bonchev–Trinajstić information content (AvgIpc) is 2.71. The van der Waals surface area contributed by atoms with Gasteiger partial charge in [-0.3, -0.25) is 0 Å². The van der Waals surface area contributed by atoms with Crippen molar-refractivity contribution in [1.82, 2.24) is 0 Å². The van der Waals surface area contributed by atoms with E-state index in [-0.39, 0.29) is 21.7 Å². The molecular weight excluding hydrogens is 545 g/mol. The molecule has 3 aromatic carbocycles. The van der Waals surface area contributed by atoms with Crippen molar-refractivity contribution in [2.24, 2.45) is 0 Å². The molecule has 3 rings (SSSR count). The molecule has 6 heteroatoms. The van der Waals surface area contributed by atoms with Gasteiger partial charge in [0, 0.05) is 21.7 Å². The zero-order chi connectivity index (χ0) is 27.3.